The zero-order valence-corrected chi connectivity index (χ0v) is 9.26. The molecule has 0 heterocycles. The minimum atomic E-state index is -1.06. The molecule has 0 aromatic heterocycles. The quantitative estimate of drug-likeness (QED) is 0.630. The Balaban J connectivity index is 2.43. The average Bonchev–Trinajstić information content (AvgIpc) is 2.39. The third-order valence-corrected chi connectivity index (χ3v) is 2.35. The fourth-order valence-corrected chi connectivity index (χ4v) is 1.36. The van der Waals surface area contributed by atoms with Gasteiger partial charge >= 0.3 is 0 Å². The minimum Gasteiger partial charge on any atom is -0.502 e. The van der Waals surface area contributed by atoms with Crippen LogP contribution in [-0.4, -0.2) is 20.4 Å². The number of benzene rings is 2. The van der Waals surface area contributed by atoms with Crippen LogP contribution in [0.1, 0.15) is 0 Å². The van der Waals surface area contributed by atoms with Gasteiger partial charge in [-0.1, -0.05) is 0 Å². The molecule has 0 radical (unpaired) electrons. The number of halogens is 2. The van der Waals surface area contributed by atoms with Gasteiger partial charge in [-0.2, -0.15) is 0 Å². The van der Waals surface area contributed by atoms with Crippen molar-refractivity contribution in [3.8, 4) is 34.5 Å². The van der Waals surface area contributed by atoms with E-state index in [9.17, 15) is 19.0 Å². The fraction of sp³-hybridized carbons (Fsp3) is 0. The van der Waals surface area contributed by atoms with Crippen molar-refractivity contribution in [1.29, 1.82) is 0 Å². The van der Waals surface area contributed by atoms with Crippen molar-refractivity contribution < 1.29 is 33.9 Å². The summed E-state index contributed by atoms with van der Waals surface area (Å²) in [6.07, 6.45) is 0. The van der Waals surface area contributed by atoms with Gasteiger partial charge in [-0.15, -0.1) is 0 Å². The lowest BCUT2D eigenvalue weighted by Gasteiger charge is -2.11. The second kappa shape index (κ2) is 4.52. The maximum Gasteiger partial charge on any atom is 0.204 e. The molecule has 2 rings (SSSR count). The van der Waals surface area contributed by atoms with Gasteiger partial charge in [-0.3, -0.25) is 0 Å². The van der Waals surface area contributed by atoms with Gasteiger partial charge in [0.05, 0.1) is 0 Å². The summed E-state index contributed by atoms with van der Waals surface area (Å²) in [4.78, 5) is 0. The fourth-order valence-electron chi connectivity index (χ4n) is 1.36. The number of phenolic OH excluding ortho intramolecular Hbond substituents is 4. The molecule has 0 aliphatic heterocycles. The van der Waals surface area contributed by atoms with Gasteiger partial charge in [-0.05, 0) is 24.3 Å². The molecule has 0 aliphatic rings. The highest BCUT2D eigenvalue weighted by molar-refractivity contribution is 5.55. The van der Waals surface area contributed by atoms with E-state index in [0.29, 0.717) is 0 Å². The van der Waals surface area contributed by atoms with Gasteiger partial charge in [0.1, 0.15) is 0 Å². The summed E-state index contributed by atoms with van der Waals surface area (Å²) in [5.41, 5.74) is 0. The minimum absolute atomic E-state index is 0.375. The van der Waals surface area contributed by atoms with Crippen LogP contribution in [0.4, 0.5) is 8.78 Å². The third-order valence-electron chi connectivity index (χ3n) is 2.35. The van der Waals surface area contributed by atoms with E-state index < -0.39 is 34.6 Å². The van der Waals surface area contributed by atoms with E-state index in [-0.39, 0.29) is 11.5 Å². The lowest BCUT2D eigenvalue weighted by Crippen LogP contribution is -1.89. The Kier molecular flexibility index (Phi) is 3.04. The van der Waals surface area contributed by atoms with Gasteiger partial charge < -0.3 is 25.2 Å². The van der Waals surface area contributed by atoms with Gasteiger partial charge in [0.15, 0.2) is 34.6 Å². The molecule has 0 saturated heterocycles. The van der Waals surface area contributed by atoms with Crippen LogP contribution >= 0.6 is 0 Å². The normalized spacial score (nSPS) is 10.4. The van der Waals surface area contributed by atoms with E-state index in [2.05, 4.69) is 0 Å². The Morgan fingerprint density at radius 1 is 0.632 bits per heavy atom. The summed E-state index contributed by atoms with van der Waals surface area (Å²) in [5.74, 6) is -6.69. The highest BCUT2D eigenvalue weighted by atomic mass is 19.1. The standard InChI is InChI=1S/C12H8F2O5/c13-5-1-3-7(11(17)9(5)15)19-8-4-2-6(14)10(16)12(8)18/h1-4,15-18H. The highest BCUT2D eigenvalue weighted by Crippen LogP contribution is 2.44. The number of rotatable bonds is 2. The highest BCUT2D eigenvalue weighted by Gasteiger charge is 2.17. The second-order valence-electron chi connectivity index (χ2n) is 3.59. The molecular weight excluding hydrogens is 262 g/mol. The van der Waals surface area contributed by atoms with Crippen molar-refractivity contribution in [2.45, 2.75) is 0 Å². The topological polar surface area (TPSA) is 90.2 Å². The summed E-state index contributed by atoms with van der Waals surface area (Å²) in [6.45, 7) is 0. The molecule has 0 amide bonds. The molecule has 0 unspecified atom stereocenters. The Hall–Kier alpha value is -2.70. The molecule has 100 valence electrons. The van der Waals surface area contributed by atoms with Crippen molar-refractivity contribution >= 4 is 0 Å². The summed E-state index contributed by atoms with van der Waals surface area (Å²) in [7, 11) is 0. The van der Waals surface area contributed by atoms with E-state index >= 15 is 0 Å². The average molecular weight is 270 g/mol. The Labute approximate surface area is 105 Å². The maximum atomic E-state index is 12.9. The smallest absolute Gasteiger partial charge is 0.204 e. The number of phenols is 4. The van der Waals surface area contributed by atoms with Gasteiger partial charge in [0, 0.05) is 0 Å². The molecule has 0 fully saturated rings. The van der Waals surface area contributed by atoms with Crippen molar-refractivity contribution in [3.05, 3.63) is 35.9 Å². The summed E-state index contributed by atoms with van der Waals surface area (Å²) >= 11 is 0. The van der Waals surface area contributed by atoms with Crippen LogP contribution in [0.25, 0.3) is 0 Å². The van der Waals surface area contributed by atoms with Crippen LogP contribution in [0.15, 0.2) is 24.3 Å². The molecule has 0 saturated carbocycles. The predicted octanol–water partition coefficient (Wildman–Crippen LogP) is 2.58. The Morgan fingerprint density at radius 2 is 1.00 bits per heavy atom. The largest absolute Gasteiger partial charge is 0.502 e. The molecule has 2 aromatic rings. The first kappa shape index (κ1) is 12.7. The first-order valence-electron chi connectivity index (χ1n) is 5.00. The maximum absolute atomic E-state index is 12.9. The van der Waals surface area contributed by atoms with Crippen LogP contribution in [0, 0.1) is 11.6 Å². The number of aromatic hydroxyl groups is 4. The van der Waals surface area contributed by atoms with Gasteiger partial charge in [0.25, 0.3) is 0 Å². The third kappa shape index (κ3) is 2.17. The summed E-state index contributed by atoms with van der Waals surface area (Å²) < 4.78 is 30.7. The second-order valence-corrected chi connectivity index (χ2v) is 3.59. The zero-order chi connectivity index (χ0) is 14.2. The number of hydrogen-bond donors (Lipinski definition) is 4. The SMILES string of the molecule is Oc1c(F)ccc(Oc2ccc(F)c(O)c2O)c1O. The molecule has 19 heavy (non-hydrogen) atoms. The first-order valence-corrected chi connectivity index (χ1v) is 5.00. The molecule has 2 aromatic carbocycles. The van der Waals surface area contributed by atoms with Gasteiger partial charge in [-0.25, -0.2) is 8.78 Å². The number of hydrogen-bond acceptors (Lipinski definition) is 5. The van der Waals surface area contributed by atoms with Crippen molar-refractivity contribution in [2.75, 3.05) is 0 Å². The summed E-state index contributed by atoms with van der Waals surface area (Å²) in [5, 5.41) is 37.2. The zero-order valence-electron chi connectivity index (χ0n) is 9.26. The van der Waals surface area contributed by atoms with Crippen molar-refractivity contribution in [2.24, 2.45) is 0 Å². The van der Waals surface area contributed by atoms with E-state index in [1.54, 1.807) is 0 Å². The van der Waals surface area contributed by atoms with Crippen LogP contribution in [0.5, 0.6) is 34.5 Å². The molecule has 0 aliphatic carbocycles. The molecule has 0 atom stereocenters. The molecular formula is C12H8F2O5. The van der Waals surface area contributed by atoms with E-state index in [4.69, 9.17) is 14.9 Å². The van der Waals surface area contributed by atoms with Crippen molar-refractivity contribution in [3.63, 3.8) is 0 Å². The van der Waals surface area contributed by atoms with E-state index in [0.717, 1.165) is 24.3 Å². The first-order chi connectivity index (χ1) is 8.91. The molecule has 0 bridgehead atoms. The van der Waals surface area contributed by atoms with Crippen LogP contribution in [0.2, 0.25) is 0 Å². The Morgan fingerprint density at radius 3 is 1.37 bits per heavy atom. The lowest BCUT2D eigenvalue weighted by molar-refractivity contribution is 0.336. The Bertz CT molecular complexity index is 587. The molecule has 4 N–H and O–H groups in total. The predicted molar refractivity (Wildman–Crippen MR) is 59.5 cm³/mol. The van der Waals surface area contributed by atoms with E-state index in [1.807, 2.05) is 0 Å². The number of ether oxygens (including phenoxy) is 1. The summed E-state index contributed by atoms with van der Waals surface area (Å²) in [6, 6.07) is 3.63. The van der Waals surface area contributed by atoms with Gasteiger partial charge in [0.2, 0.25) is 11.5 Å². The van der Waals surface area contributed by atoms with Crippen molar-refractivity contribution in [1.82, 2.24) is 0 Å². The molecule has 0 spiro atoms. The van der Waals surface area contributed by atoms with Crippen LogP contribution in [-0.2, 0) is 0 Å². The lowest BCUT2D eigenvalue weighted by atomic mass is 10.2. The monoisotopic (exact) mass is 270 g/mol. The molecule has 5 nitrogen and oxygen atoms in total. The van der Waals surface area contributed by atoms with E-state index in [1.165, 1.54) is 0 Å². The molecule has 7 heteroatoms. The van der Waals surface area contributed by atoms with Crippen LogP contribution < -0.4 is 4.74 Å². The van der Waals surface area contributed by atoms with Crippen LogP contribution in [0.3, 0.4) is 0 Å².